The second kappa shape index (κ2) is 67.8. The number of hydrogen-bond donors (Lipinski definition) is 6. The predicted octanol–water partition coefficient (Wildman–Crippen LogP) is 20.5. The van der Waals surface area contributed by atoms with Crippen LogP contribution >= 0.6 is 0 Å². The first-order valence-corrected chi connectivity index (χ1v) is 38.6. The van der Waals surface area contributed by atoms with E-state index in [1.54, 1.807) is 6.08 Å². The number of esters is 1. The van der Waals surface area contributed by atoms with Gasteiger partial charge in [0.15, 0.2) is 6.29 Å². The molecule has 7 atom stereocenters. The molecular formula is C79H145NO10. The summed E-state index contributed by atoms with van der Waals surface area (Å²) in [5, 5.41) is 54.3. The second-order valence-electron chi connectivity index (χ2n) is 26.7. The number of nitrogens with one attached hydrogen (secondary N) is 1. The number of rotatable bonds is 68. The molecule has 7 unspecified atom stereocenters. The number of unbranched alkanes of at least 4 members (excludes halogenated alkanes) is 46. The second-order valence-corrected chi connectivity index (χ2v) is 26.7. The lowest BCUT2D eigenvalue weighted by atomic mass is 9.99. The van der Waals surface area contributed by atoms with Crippen LogP contribution < -0.4 is 5.32 Å². The van der Waals surface area contributed by atoms with E-state index in [0.29, 0.717) is 19.4 Å². The third-order valence-corrected chi connectivity index (χ3v) is 18.1. The van der Waals surface area contributed by atoms with E-state index in [4.69, 9.17) is 14.2 Å². The summed E-state index contributed by atoms with van der Waals surface area (Å²) >= 11 is 0. The van der Waals surface area contributed by atoms with Crippen molar-refractivity contribution in [3.63, 3.8) is 0 Å². The van der Waals surface area contributed by atoms with Gasteiger partial charge >= 0.3 is 5.97 Å². The first kappa shape index (κ1) is 85.4. The highest BCUT2D eigenvalue weighted by molar-refractivity contribution is 5.76. The smallest absolute Gasteiger partial charge is 0.305 e. The standard InChI is InChI=1S/C79H145NO10/c1-3-5-7-9-11-13-15-43-47-51-55-59-63-67-75(84)88-68-64-60-56-52-48-45-42-40-38-36-34-32-30-28-26-24-22-20-18-16-17-19-21-23-25-27-29-31-33-35-37-39-41-44-46-50-54-58-62-66-74(83)80-71(70-89-79-78(87)77(86)76(85)73(69-81)90-79)72(82)65-61-57-53-49-14-12-10-8-6-4-2/h13-17,20,22,49,61,65,71-73,76-79,81-82,85-87H,3-12,18-19,21,23-48,50-60,62-64,66-70H2,1-2H3,(H,80,83)/b15-13-,17-16-,22-20-,49-14+,65-61+. The van der Waals surface area contributed by atoms with Gasteiger partial charge < -0.3 is 45.1 Å². The fraction of sp³-hybridized carbons (Fsp3) is 0.848. The van der Waals surface area contributed by atoms with E-state index in [0.717, 1.165) is 64.2 Å². The van der Waals surface area contributed by atoms with Crippen molar-refractivity contribution in [1.82, 2.24) is 5.32 Å². The van der Waals surface area contributed by atoms with Gasteiger partial charge in [-0.25, -0.2) is 0 Å². The third-order valence-electron chi connectivity index (χ3n) is 18.1. The Kier molecular flexibility index (Phi) is 64.3. The minimum Gasteiger partial charge on any atom is -0.466 e. The Morgan fingerprint density at radius 2 is 0.756 bits per heavy atom. The van der Waals surface area contributed by atoms with Crippen LogP contribution in [-0.2, 0) is 23.8 Å². The van der Waals surface area contributed by atoms with Crippen molar-refractivity contribution in [3.05, 3.63) is 60.8 Å². The Morgan fingerprint density at radius 1 is 0.411 bits per heavy atom. The highest BCUT2D eigenvalue weighted by Gasteiger charge is 2.44. The number of carbonyl (C=O) groups is 2. The number of hydrogen-bond acceptors (Lipinski definition) is 10. The van der Waals surface area contributed by atoms with E-state index >= 15 is 0 Å². The van der Waals surface area contributed by atoms with Crippen LogP contribution in [0.1, 0.15) is 367 Å². The molecule has 0 aliphatic carbocycles. The fourth-order valence-corrected chi connectivity index (χ4v) is 12.0. The highest BCUT2D eigenvalue weighted by Crippen LogP contribution is 2.23. The van der Waals surface area contributed by atoms with Crippen LogP contribution in [0.15, 0.2) is 60.8 Å². The Bertz CT molecular complexity index is 1680. The van der Waals surface area contributed by atoms with Gasteiger partial charge in [0.1, 0.15) is 24.4 Å². The minimum atomic E-state index is -1.57. The summed E-state index contributed by atoms with van der Waals surface area (Å²) in [4.78, 5) is 25.1. The monoisotopic (exact) mass is 1270 g/mol. The van der Waals surface area contributed by atoms with Gasteiger partial charge in [-0.15, -0.1) is 0 Å². The summed E-state index contributed by atoms with van der Waals surface area (Å²) in [5.74, 6) is -0.185. The first-order chi connectivity index (χ1) is 44.2. The third kappa shape index (κ3) is 55.8. The fourth-order valence-electron chi connectivity index (χ4n) is 12.0. The van der Waals surface area contributed by atoms with Crippen molar-refractivity contribution in [2.75, 3.05) is 19.8 Å². The van der Waals surface area contributed by atoms with Crippen molar-refractivity contribution < 1.29 is 49.3 Å². The van der Waals surface area contributed by atoms with Crippen LogP contribution in [0.5, 0.6) is 0 Å². The summed E-state index contributed by atoms with van der Waals surface area (Å²) < 4.78 is 16.7. The van der Waals surface area contributed by atoms with Gasteiger partial charge in [-0.1, -0.05) is 312 Å². The molecule has 0 aromatic heterocycles. The van der Waals surface area contributed by atoms with Crippen molar-refractivity contribution in [2.24, 2.45) is 0 Å². The molecule has 1 fully saturated rings. The van der Waals surface area contributed by atoms with Crippen LogP contribution in [0.2, 0.25) is 0 Å². The quantitative estimate of drug-likeness (QED) is 0.0195. The molecule has 526 valence electrons. The summed E-state index contributed by atoms with van der Waals surface area (Å²) in [5.41, 5.74) is 0. The number of allylic oxidation sites excluding steroid dienone is 9. The van der Waals surface area contributed by atoms with Crippen LogP contribution in [0, 0.1) is 0 Å². The van der Waals surface area contributed by atoms with Crippen molar-refractivity contribution in [1.29, 1.82) is 0 Å². The molecule has 11 nitrogen and oxygen atoms in total. The summed E-state index contributed by atoms with van der Waals surface area (Å²) in [6.45, 7) is 4.31. The maximum Gasteiger partial charge on any atom is 0.305 e. The molecule has 1 saturated heterocycles. The maximum atomic E-state index is 13.0. The molecule has 6 N–H and O–H groups in total. The molecule has 1 aliphatic heterocycles. The summed E-state index contributed by atoms with van der Waals surface area (Å²) in [7, 11) is 0. The lowest BCUT2D eigenvalue weighted by Crippen LogP contribution is -2.60. The molecular weight excluding hydrogens is 1120 g/mol. The zero-order valence-electron chi connectivity index (χ0n) is 58.6. The molecule has 0 saturated carbocycles. The first-order valence-electron chi connectivity index (χ1n) is 38.6. The predicted molar refractivity (Wildman–Crippen MR) is 380 cm³/mol. The van der Waals surface area contributed by atoms with Crippen molar-refractivity contribution in [3.8, 4) is 0 Å². The van der Waals surface area contributed by atoms with E-state index in [1.165, 1.54) is 276 Å². The minimum absolute atomic E-state index is 0.00512. The molecule has 0 aromatic rings. The summed E-state index contributed by atoms with van der Waals surface area (Å²) in [6, 6.07) is -0.825. The number of amides is 1. The number of ether oxygens (including phenoxy) is 3. The molecule has 1 heterocycles. The molecule has 1 amide bonds. The van der Waals surface area contributed by atoms with E-state index in [9.17, 15) is 35.1 Å². The lowest BCUT2D eigenvalue weighted by molar-refractivity contribution is -0.302. The lowest BCUT2D eigenvalue weighted by Gasteiger charge is -2.40. The van der Waals surface area contributed by atoms with Gasteiger partial charge in [-0.3, -0.25) is 9.59 Å². The molecule has 0 spiro atoms. The molecule has 1 rings (SSSR count). The van der Waals surface area contributed by atoms with Crippen LogP contribution in [0.25, 0.3) is 0 Å². The average Bonchev–Trinajstić information content (AvgIpc) is 0.993. The molecule has 0 bridgehead atoms. The van der Waals surface area contributed by atoms with Gasteiger partial charge in [0.2, 0.25) is 5.91 Å². The topological polar surface area (TPSA) is 175 Å². The largest absolute Gasteiger partial charge is 0.466 e. The maximum absolute atomic E-state index is 13.0. The van der Waals surface area contributed by atoms with E-state index in [2.05, 4.69) is 67.8 Å². The van der Waals surface area contributed by atoms with Gasteiger partial charge in [-0.05, 0) is 103 Å². The van der Waals surface area contributed by atoms with Crippen LogP contribution in [-0.4, -0.2) is 100 Å². The van der Waals surface area contributed by atoms with Crippen molar-refractivity contribution in [2.45, 2.75) is 410 Å². The zero-order chi connectivity index (χ0) is 65.1. The van der Waals surface area contributed by atoms with Crippen molar-refractivity contribution >= 4 is 11.9 Å². The Hall–Kier alpha value is -2.64. The summed E-state index contributed by atoms with van der Waals surface area (Å²) in [6.07, 6.45) is 81.2. The van der Waals surface area contributed by atoms with Gasteiger partial charge in [0.25, 0.3) is 0 Å². The van der Waals surface area contributed by atoms with Gasteiger partial charge in [0, 0.05) is 12.8 Å². The van der Waals surface area contributed by atoms with Gasteiger partial charge in [-0.2, -0.15) is 0 Å². The number of aliphatic hydroxyl groups excluding tert-OH is 5. The van der Waals surface area contributed by atoms with E-state index in [-0.39, 0.29) is 18.5 Å². The van der Waals surface area contributed by atoms with E-state index < -0.39 is 49.5 Å². The molecule has 11 heteroatoms. The molecule has 1 aliphatic rings. The normalized spacial score (nSPS) is 18.0. The highest BCUT2D eigenvalue weighted by atomic mass is 16.7. The Morgan fingerprint density at radius 3 is 1.17 bits per heavy atom. The molecule has 90 heavy (non-hydrogen) atoms. The SMILES string of the molecule is CCCCCC/C=C\CCCCCCCC(=O)OCCCCCCCCCCCCCCCCC/C=C\C/C=C\CCCCCCCCCCCCCCCCCCCC(=O)NC(COC1OC(CO)C(O)C(O)C1O)C(O)/C=C/CC/C=C/CCCCCC. The molecule has 0 radical (unpaired) electrons. The van der Waals surface area contributed by atoms with Crippen LogP contribution in [0.3, 0.4) is 0 Å². The number of aliphatic hydroxyl groups is 5. The van der Waals surface area contributed by atoms with E-state index in [1.807, 2.05) is 6.08 Å². The Balaban J connectivity index is 1.89. The van der Waals surface area contributed by atoms with Gasteiger partial charge in [0.05, 0.1) is 32.0 Å². The Labute approximate surface area is 554 Å². The number of carbonyl (C=O) groups excluding carboxylic acids is 2. The average molecular weight is 1270 g/mol. The molecule has 0 aromatic carbocycles. The van der Waals surface area contributed by atoms with Crippen LogP contribution in [0.4, 0.5) is 0 Å². The zero-order valence-corrected chi connectivity index (χ0v) is 58.6.